The predicted octanol–water partition coefficient (Wildman–Crippen LogP) is 3.07. The number of quaternary nitrogens is 1. The summed E-state index contributed by atoms with van der Waals surface area (Å²) < 4.78 is 5.50. The van der Waals surface area contributed by atoms with E-state index < -0.39 is 0 Å². The Labute approximate surface area is 180 Å². The van der Waals surface area contributed by atoms with E-state index in [1.165, 1.54) is 10.6 Å². The molecule has 1 aromatic heterocycles. The van der Waals surface area contributed by atoms with Gasteiger partial charge in [0.05, 0.1) is 26.2 Å². The Bertz CT molecular complexity index is 1240. The molecule has 0 saturated carbocycles. The van der Waals surface area contributed by atoms with Crippen molar-refractivity contribution in [3.05, 3.63) is 94.8 Å². The van der Waals surface area contributed by atoms with Crippen molar-refractivity contribution in [1.82, 2.24) is 0 Å². The van der Waals surface area contributed by atoms with E-state index in [1.54, 1.807) is 18.2 Å². The monoisotopic (exact) mass is 413 g/mol. The van der Waals surface area contributed by atoms with Gasteiger partial charge in [0.1, 0.15) is 17.9 Å². The molecule has 0 spiro atoms. The quantitative estimate of drug-likeness (QED) is 0.505. The van der Waals surface area contributed by atoms with Crippen molar-refractivity contribution in [3.8, 4) is 16.9 Å². The first-order chi connectivity index (χ1) is 15.2. The van der Waals surface area contributed by atoms with Crippen LogP contribution in [0.3, 0.4) is 0 Å². The Morgan fingerprint density at radius 2 is 1.58 bits per heavy atom. The van der Waals surface area contributed by atoms with Gasteiger partial charge in [-0.05, 0) is 29.8 Å². The smallest absolute Gasteiger partial charge is 0.336 e. The molecule has 1 fully saturated rings. The third-order valence-electron chi connectivity index (χ3n) is 6.06. The lowest BCUT2D eigenvalue weighted by Crippen LogP contribution is -3.13. The molecule has 0 radical (unpaired) electrons. The number of rotatable bonds is 4. The van der Waals surface area contributed by atoms with Crippen molar-refractivity contribution in [1.29, 1.82) is 0 Å². The fourth-order valence-electron chi connectivity index (χ4n) is 4.42. The van der Waals surface area contributed by atoms with E-state index in [4.69, 9.17) is 4.42 Å². The van der Waals surface area contributed by atoms with E-state index in [-0.39, 0.29) is 11.4 Å². The number of phenolic OH excluding ortho intramolecular Hbond substituents is 1. The van der Waals surface area contributed by atoms with Crippen molar-refractivity contribution in [3.63, 3.8) is 0 Å². The number of hydrogen-bond donors (Lipinski definition) is 2. The molecular formula is C26H25N2O3+. The highest BCUT2D eigenvalue weighted by molar-refractivity contribution is 5.88. The van der Waals surface area contributed by atoms with Crippen LogP contribution in [0.25, 0.3) is 22.1 Å². The van der Waals surface area contributed by atoms with Gasteiger partial charge in [-0.3, -0.25) is 0 Å². The summed E-state index contributed by atoms with van der Waals surface area (Å²) in [5.74, 6) is 0.192. The zero-order valence-electron chi connectivity index (χ0n) is 17.3. The van der Waals surface area contributed by atoms with E-state index >= 15 is 0 Å². The van der Waals surface area contributed by atoms with Crippen molar-refractivity contribution < 1.29 is 14.4 Å². The zero-order valence-corrected chi connectivity index (χ0v) is 17.3. The van der Waals surface area contributed by atoms with E-state index in [0.717, 1.165) is 49.2 Å². The van der Waals surface area contributed by atoms with Gasteiger partial charge in [-0.2, -0.15) is 0 Å². The van der Waals surface area contributed by atoms with Crippen LogP contribution in [0, 0.1) is 0 Å². The van der Waals surface area contributed by atoms with Gasteiger partial charge in [0.2, 0.25) is 0 Å². The zero-order chi connectivity index (χ0) is 21.2. The summed E-state index contributed by atoms with van der Waals surface area (Å²) >= 11 is 0. The van der Waals surface area contributed by atoms with Crippen LogP contribution in [0.4, 0.5) is 5.69 Å². The Hall–Kier alpha value is -3.57. The molecule has 0 bridgehead atoms. The van der Waals surface area contributed by atoms with Crippen molar-refractivity contribution in [2.75, 3.05) is 31.1 Å². The number of hydrogen-bond acceptors (Lipinski definition) is 4. The number of piperazine rings is 1. The van der Waals surface area contributed by atoms with Gasteiger partial charge in [0.15, 0.2) is 0 Å². The maximum Gasteiger partial charge on any atom is 0.336 e. The fourth-order valence-corrected chi connectivity index (χ4v) is 4.42. The number of benzene rings is 3. The molecule has 1 saturated heterocycles. The highest BCUT2D eigenvalue weighted by Crippen LogP contribution is 2.33. The minimum absolute atomic E-state index is 0.192. The number of aromatic hydroxyl groups is 1. The summed E-state index contributed by atoms with van der Waals surface area (Å²) in [6.45, 7) is 4.66. The van der Waals surface area contributed by atoms with Crippen LogP contribution < -0.4 is 15.4 Å². The topological polar surface area (TPSA) is 58.1 Å². The minimum Gasteiger partial charge on any atom is -0.507 e. The van der Waals surface area contributed by atoms with Gasteiger partial charge < -0.3 is 19.3 Å². The summed E-state index contributed by atoms with van der Waals surface area (Å²) in [6.07, 6.45) is 0. The Morgan fingerprint density at radius 1 is 0.903 bits per heavy atom. The standard InChI is InChI=1S/C26H24N2O3/c29-24-16-23-20(18-27-11-13-28(14-12-27)21-9-5-2-6-10-21)15-26(30)31-25(23)17-22(24)19-7-3-1-4-8-19/h1-10,15-17,29H,11-14,18H2/p+1. The number of phenols is 1. The van der Waals surface area contributed by atoms with Crippen LogP contribution in [0.5, 0.6) is 5.75 Å². The van der Waals surface area contributed by atoms with Gasteiger partial charge >= 0.3 is 5.63 Å². The van der Waals surface area contributed by atoms with Gasteiger partial charge in [-0.25, -0.2) is 4.79 Å². The van der Waals surface area contributed by atoms with Crippen LogP contribution in [0.2, 0.25) is 0 Å². The Morgan fingerprint density at radius 3 is 2.29 bits per heavy atom. The molecule has 5 heteroatoms. The first-order valence-corrected chi connectivity index (χ1v) is 10.7. The van der Waals surface area contributed by atoms with E-state index in [9.17, 15) is 9.90 Å². The van der Waals surface area contributed by atoms with Crippen molar-refractivity contribution in [2.45, 2.75) is 6.54 Å². The molecule has 2 N–H and O–H groups in total. The number of nitrogens with one attached hydrogen (secondary N) is 1. The predicted molar refractivity (Wildman–Crippen MR) is 123 cm³/mol. The summed E-state index contributed by atoms with van der Waals surface area (Å²) in [4.78, 5) is 16.1. The second kappa shape index (κ2) is 8.28. The second-order valence-corrected chi connectivity index (χ2v) is 8.07. The molecule has 5 rings (SSSR count). The lowest BCUT2D eigenvalue weighted by molar-refractivity contribution is -0.914. The normalized spacial score (nSPS) is 14.8. The summed E-state index contributed by atoms with van der Waals surface area (Å²) in [6, 6.07) is 25.2. The summed E-state index contributed by atoms with van der Waals surface area (Å²) in [5, 5.41) is 11.5. The van der Waals surface area contributed by atoms with Crippen LogP contribution in [-0.2, 0) is 6.54 Å². The average Bonchev–Trinajstić information content (AvgIpc) is 2.81. The minimum atomic E-state index is -0.352. The highest BCUT2D eigenvalue weighted by atomic mass is 16.4. The van der Waals surface area contributed by atoms with Gasteiger partial charge in [-0.1, -0.05) is 48.5 Å². The maximum atomic E-state index is 12.3. The lowest BCUT2D eigenvalue weighted by atomic mass is 10.0. The van der Waals surface area contributed by atoms with Crippen molar-refractivity contribution >= 4 is 16.7 Å². The number of nitrogens with zero attached hydrogens (tertiary/aromatic N) is 1. The molecule has 4 aromatic rings. The molecule has 31 heavy (non-hydrogen) atoms. The number of anilines is 1. The van der Waals surface area contributed by atoms with E-state index in [1.807, 2.05) is 36.4 Å². The second-order valence-electron chi connectivity index (χ2n) is 8.07. The van der Waals surface area contributed by atoms with Crippen LogP contribution >= 0.6 is 0 Å². The number of para-hydroxylation sites is 1. The van der Waals surface area contributed by atoms with E-state index in [2.05, 4.69) is 29.2 Å². The molecule has 1 aliphatic heterocycles. The van der Waals surface area contributed by atoms with Gasteiger partial charge in [0.25, 0.3) is 0 Å². The van der Waals surface area contributed by atoms with Crippen LogP contribution in [0.1, 0.15) is 5.56 Å². The molecular weight excluding hydrogens is 388 g/mol. The molecule has 3 aromatic carbocycles. The van der Waals surface area contributed by atoms with Gasteiger partial charge in [0, 0.05) is 28.3 Å². The lowest BCUT2D eigenvalue weighted by Gasteiger charge is -2.33. The highest BCUT2D eigenvalue weighted by Gasteiger charge is 2.22. The Kier molecular flexibility index (Phi) is 5.18. The molecule has 0 atom stereocenters. The average molecular weight is 413 g/mol. The molecule has 2 heterocycles. The van der Waals surface area contributed by atoms with Crippen molar-refractivity contribution in [2.24, 2.45) is 0 Å². The molecule has 156 valence electrons. The SMILES string of the molecule is O=c1cc(C[NH+]2CCN(c3ccccc3)CC2)c2cc(O)c(-c3ccccc3)cc2o1. The third kappa shape index (κ3) is 4.05. The van der Waals surface area contributed by atoms with Gasteiger partial charge in [-0.15, -0.1) is 0 Å². The first kappa shape index (κ1) is 19.4. The molecule has 0 aliphatic carbocycles. The molecule has 0 amide bonds. The summed E-state index contributed by atoms with van der Waals surface area (Å²) in [7, 11) is 0. The largest absolute Gasteiger partial charge is 0.507 e. The molecule has 1 aliphatic rings. The number of fused-ring (bicyclic) bond motifs is 1. The maximum absolute atomic E-state index is 12.3. The third-order valence-corrected chi connectivity index (χ3v) is 6.06. The molecule has 5 nitrogen and oxygen atoms in total. The fraction of sp³-hybridized carbons (Fsp3) is 0.192. The molecule has 0 unspecified atom stereocenters. The van der Waals surface area contributed by atoms with Crippen LogP contribution in [0.15, 0.2) is 88.1 Å². The van der Waals surface area contributed by atoms with Crippen LogP contribution in [-0.4, -0.2) is 31.3 Å². The summed E-state index contributed by atoms with van der Waals surface area (Å²) in [5.41, 5.74) is 3.89. The Balaban J connectivity index is 1.40. The van der Waals surface area contributed by atoms with E-state index in [0.29, 0.717) is 11.1 Å². The first-order valence-electron chi connectivity index (χ1n) is 10.7.